The largest absolute Gasteiger partial charge is 0.344 e. The number of carbonyl (C=O) groups is 1. The number of amides is 1. The van der Waals surface area contributed by atoms with Crippen molar-refractivity contribution in [3.8, 4) is 17.5 Å². The van der Waals surface area contributed by atoms with Gasteiger partial charge in [-0.15, -0.1) is 0 Å². The van der Waals surface area contributed by atoms with Crippen LogP contribution in [0.2, 0.25) is 0 Å². The van der Waals surface area contributed by atoms with Crippen LogP contribution in [0, 0.1) is 31.1 Å². The molecule has 0 spiro atoms. The molecule has 3 aromatic rings. The SMILES string of the molecule is Cc1[nH]c(=O)c(C#N)c(C)c1CCC(=O)N[C@@H](c1nc(-c2ccncc2)no1)C(C)C. The molecule has 0 fully saturated rings. The molecule has 0 aliphatic carbocycles. The van der Waals surface area contributed by atoms with Gasteiger partial charge in [-0.25, -0.2) is 0 Å². The maximum absolute atomic E-state index is 12.7. The third kappa shape index (κ3) is 4.86. The van der Waals surface area contributed by atoms with Gasteiger partial charge in [-0.1, -0.05) is 19.0 Å². The van der Waals surface area contributed by atoms with Gasteiger partial charge in [0.25, 0.3) is 5.56 Å². The van der Waals surface area contributed by atoms with Crippen molar-refractivity contribution in [2.45, 2.75) is 46.6 Å². The van der Waals surface area contributed by atoms with Crippen LogP contribution in [0.5, 0.6) is 0 Å². The Kier molecular flexibility index (Phi) is 6.60. The number of nitriles is 1. The Balaban J connectivity index is 1.72. The van der Waals surface area contributed by atoms with E-state index in [9.17, 15) is 14.9 Å². The molecule has 2 N–H and O–H groups in total. The number of nitrogens with zero attached hydrogens (tertiary/aromatic N) is 4. The number of pyridine rings is 2. The summed E-state index contributed by atoms with van der Waals surface area (Å²) < 4.78 is 5.42. The van der Waals surface area contributed by atoms with E-state index in [4.69, 9.17) is 4.52 Å². The predicted molar refractivity (Wildman–Crippen MR) is 113 cm³/mol. The molecular weight excluding hydrogens is 396 g/mol. The van der Waals surface area contributed by atoms with Gasteiger partial charge in [0.15, 0.2) is 0 Å². The van der Waals surface area contributed by atoms with E-state index < -0.39 is 11.6 Å². The van der Waals surface area contributed by atoms with Crippen molar-refractivity contribution >= 4 is 5.91 Å². The van der Waals surface area contributed by atoms with Crippen LogP contribution < -0.4 is 10.9 Å². The van der Waals surface area contributed by atoms with E-state index in [1.54, 1.807) is 38.4 Å². The van der Waals surface area contributed by atoms with Gasteiger partial charge >= 0.3 is 0 Å². The number of aromatic nitrogens is 4. The van der Waals surface area contributed by atoms with Gasteiger partial charge in [0.2, 0.25) is 17.6 Å². The summed E-state index contributed by atoms with van der Waals surface area (Å²) in [5.74, 6) is 0.599. The van der Waals surface area contributed by atoms with E-state index in [1.807, 2.05) is 19.9 Å². The predicted octanol–water partition coefficient (Wildman–Crippen LogP) is 2.75. The Morgan fingerprint density at radius 2 is 2.00 bits per heavy atom. The van der Waals surface area contributed by atoms with Crippen molar-refractivity contribution in [1.82, 2.24) is 25.4 Å². The van der Waals surface area contributed by atoms with Crippen LogP contribution >= 0.6 is 0 Å². The smallest absolute Gasteiger partial charge is 0.266 e. The topological polar surface area (TPSA) is 138 Å². The summed E-state index contributed by atoms with van der Waals surface area (Å²) >= 11 is 0. The number of nitrogens with one attached hydrogen (secondary N) is 2. The van der Waals surface area contributed by atoms with Gasteiger partial charge in [0, 0.05) is 30.1 Å². The van der Waals surface area contributed by atoms with Crippen LogP contribution in [0.3, 0.4) is 0 Å². The van der Waals surface area contributed by atoms with Gasteiger partial charge in [0.05, 0.1) is 0 Å². The number of carbonyl (C=O) groups excluding carboxylic acids is 1. The van der Waals surface area contributed by atoms with Crippen molar-refractivity contribution in [3.05, 3.63) is 63.2 Å². The van der Waals surface area contributed by atoms with Gasteiger partial charge in [-0.3, -0.25) is 14.6 Å². The summed E-state index contributed by atoms with van der Waals surface area (Å²) in [6.07, 6.45) is 3.87. The van der Waals surface area contributed by atoms with Crippen molar-refractivity contribution in [2.75, 3.05) is 0 Å². The van der Waals surface area contributed by atoms with E-state index in [1.165, 1.54) is 0 Å². The van der Waals surface area contributed by atoms with E-state index in [0.717, 1.165) is 11.1 Å². The normalized spacial score (nSPS) is 11.9. The molecule has 0 radical (unpaired) electrons. The summed E-state index contributed by atoms with van der Waals surface area (Å²) in [5.41, 5.74) is 2.51. The first-order chi connectivity index (χ1) is 14.8. The molecule has 9 nitrogen and oxygen atoms in total. The number of aryl methyl sites for hydroxylation is 1. The van der Waals surface area contributed by atoms with Crippen LogP contribution in [-0.4, -0.2) is 26.0 Å². The lowest BCUT2D eigenvalue weighted by molar-refractivity contribution is -0.122. The molecule has 0 aromatic carbocycles. The molecule has 0 aliphatic heterocycles. The first-order valence-corrected chi connectivity index (χ1v) is 9.97. The Morgan fingerprint density at radius 1 is 1.29 bits per heavy atom. The second-order valence-electron chi connectivity index (χ2n) is 7.65. The molecule has 3 heterocycles. The van der Waals surface area contributed by atoms with E-state index in [2.05, 4.69) is 25.4 Å². The quantitative estimate of drug-likeness (QED) is 0.599. The Bertz CT molecular complexity index is 1170. The first-order valence-electron chi connectivity index (χ1n) is 9.97. The zero-order chi connectivity index (χ0) is 22.5. The minimum atomic E-state index is -0.442. The van der Waals surface area contributed by atoms with Crippen LogP contribution in [0.15, 0.2) is 33.8 Å². The lowest BCUT2D eigenvalue weighted by Crippen LogP contribution is -2.32. The molecule has 0 unspecified atom stereocenters. The molecule has 160 valence electrons. The molecule has 0 saturated heterocycles. The minimum absolute atomic E-state index is 0.0245. The fraction of sp³-hybridized carbons (Fsp3) is 0.364. The Hall–Kier alpha value is -3.80. The summed E-state index contributed by atoms with van der Waals surface area (Å²) in [5, 5.41) is 16.2. The fourth-order valence-electron chi connectivity index (χ4n) is 3.40. The third-order valence-electron chi connectivity index (χ3n) is 5.15. The van der Waals surface area contributed by atoms with Crippen molar-refractivity contribution < 1.29 is 9.32 Å². The minimum Gasteiger partial charge on any atom is -0.344 e. The van der Waals surface area contributed by atoms with E-state index in [-0.39, 0.29) is 23.8 Å². The molecule has 1 amide bonds. The zero-order valence-corrected chi connectivity index (χ0v) is 17.9. The summed E-state index contributed by atoms with van der Waals surface area (Å²) in [4.78, 5) is 35.6. The highest BCUT2D eigenvalue weighted by atomic mass is 16.5. The Labute approximate surface area is 179 Å². The highest BCUT2D eigenvalue weighted by molar-refractivity contribution is 5.76. The molecule has 3 rings (SSSR count). The van der Waals surface area contributed by atoms with E-state index >= 15 is 0 Å². The average Bonchev–Trinajstić information content (AvgIpc) is 3.22. The molecule has 1 atom stereocenters. The third-order valence-corrected chi connectivity index (χ3v) is 5.15. The van der Waals surface area contributed by atoms with Gasteiger partial charge in [-0.2, -0.15) is 10.2 Å². The van der Waals surface area contributed by atoms with Crippen molar-refractivity contribution in [3.63, 3.8) is 0 Å². The first kappa shape index (κ1) is 21.9. The standard InChI is InChI=1S/C22H24N6O3/c1-12(2)19(22-27-20(28-31-22)15-7-9-24-10-8-15)26-18(29)6-5-16-13(3)17(11-23)21(30)25-14(16)4/h7-10,12,19H,5-6H2,1-4H3,(H,25,30)(H,26,29)/t19-/m1/s1. The molecule has 31 heavy (non-hydrogen) atoms. The lowest BCUT2D eigenvalue weighted by Gasteiger charge is -2.19. The number of aromatic amines is 1. The highest BCUT2D eigenvalue weighted by Gasteiger charge is 2.25. The average molecular weight is 420 g/mol. The molecule has 0 bridgehead atoms. The van der Waals surface area contributed by atoms with Crippen LogP contribution in [0.1, 0.15) is 54.6 Å². The molecule has 3 aromatic heterocycles. The highest BCUT2D eigenvalue weighted by Crippen LogP contribution is 2.24. The van der Waals surface area contributed by atoms with Gasteiger partial charge < -0.3 is 14.8 Å². The second kappa shape index (κ2) is 9.34. The number of hydrogen-bond donors (Lipinski definition) is 2. The molecular formula is C22H24N6O3. The number of H-pyrrole nitrogens is 1. The van der Waals surface area contributed by atoms with Crippen LogP contribution in [0.25, 0.3) is 11.4 Å². The number of hydrogen-bond acceptors (Lipinski definition) is 7. The number of rotatable bonds is 7. The van der Waals surface area contributed by atoms with Gasteiger partial charge in [-0.05, 0) is 49.4 Å². The lowest BCUT2D eigenvalue weighted by atomic mass is 9.98. The van der Waals surface area contributed by atoms with Crippen molar-refractivity contribution in [2.24, 2.45) is 5.92 Å². The molecule has 0 saturated carbocycles. The van der Waals surface area contributed by atoms with Crippen LogP contribution in [0.4, 0.5) is 0 Å². The zero-order valence-electron chi connectivity index (χ0n) is 17.9. The fourth-order valence-corrected chi connectivity index (χ4v) is 3.40. The van der Waals surface area contributed by atoms with Crippen molar-refractivity contribution in [1.29, 1.82) is 5.26 Å². The van der Waals surface area contributed by atoms with Crippen LogP contribution in [-0.2, 0) is 11.2 Å². The monoisotopic (exact) mass is 420 g/mol. The summed E-state index contributed by atoms with van der Waals surface area (Å²) in [6.45, 7) is 7.40. The molecule has 9 heteroatoms. The van der Waals surface area contributed by atoms with E-state index in [0.29, 0.717) is 29.4 Å². The summed E-state index contributed by atoms with van der Waals surface area (Å²) in [6, 6.07) is 5.05. The second-order valence-corrected chi connectivity index (χ2v) is 7.65. The maximum Gasteiger partial charge on any atom is 0.266 e. The Morgan fingerprint density at radius 3 is 2.65 bits per heavy atom. The summed E-state index contributed by atoms with van der Waals surface area (Å²) in [7, 11) is 0. The van der Waals surface area contributed by atoms with Gasteiger partial charge in [0.1, 0.15) is 17.7 Å². The molecule has 0 aliphatic rings. The maximum atomic E-state index is 12.7.